The van der Waals surface area contributed by atoms with Crippen LogP contribution in [0.5, 0.6) is 0 Å². The predicted octanol–water partition coefficient (Wildman–Crippen LogP) is 10.8. The molecule has 0 aliphatic heterocycles. The third-order valence-corrected chi connectivity index (χ3v) is 11.7. The van der Waals surface area contributed by atoms with Crippen molar-refractivity contribution in [2.45, 2.75) is 32.2 Å². The number of carbonyl (C=O) groups is 1. The van der Waals surface area contributed by atoms with E-state index in [0.29, 0.717) is 6.54 Å². The second-order valence-corrected chi connectivity index (χ2v) is 15.4. The number of benzene rings is 6. The SMILES string of the molecule is Fc1c(F)c(F)c([B-](c2c(F)c(F)c(F)c(F)c2F)(c2c(F)c(F)c(F)c(F)c2F)c2c(F)c(F)c(F)c(F)c2F)c(F)c1F.O=C(C[n+]1c(C2=CCCCC2)ccc2ccccc21)c1ccccc1. The van der Waals surface area contributed by atoms with Gasteiger partial charge < -0.3 is 0 Å². The van der Waals surface area contributed by atoms with Gasteiger partial charge in [0.25, 0.3) is 0 Å². The molecule has 23 heteroatoms. The molecule has 2 nitrogen and oxygen atoms in total. The van der Waals surface area contributed by atoms with Crippen LogP contribution in [0.4, 0.5) is 87.8 Å². The molecule has 0 bridgehead atoms. The molecule has 1 aliphatic carbocycles. The van der Waals surface area contributed by atoms with Gasteiger partial charge in [0.15, 0.2) is 69.8 Å². The Morgan fingerprint density at radius 3 is 1.10 bits per heavy atom. The molecule has 6 aromatic carbocycles. The topological polar surface area (TPSA) is 20.9 Å². The summed E-state index contributed by atoms with van der Waals surface area (Å²) in [5, 5.41) is 1.17. The fourth-order valence-corrected chi connectivity index (χ4v) is 8.52. The Kier molecular flexibility index (Phi) is 14.0. The maximum absolute atomic E-state index is 15.4. The number of fused-ring (bicyclic) bond motifs is 1. The zero-order valence-electron chi connectivity index (χ0n) is 34.5. The van der Waals surface area contributed by atoms with Crippen molar-refractivity contribution in [3.05, 3.63) is 200 Å². The van der Waals surface area contributed by atoms with Crippen molar-refractivity contribution in [3.63, 3.8) is 0 Å². The number of para-hydroxylation sites is 1. The lowest BCUT2D eigenvalue weighted by atomic mass is 9.12. The van der Waals surface area contributed by atoms with E-state index in [9.17, 15) is 57.5 Å². The summed E-state index contributed by atoms with van der Waals surface area (Å²) >= 11 is 0. The van der Waals surface area contributed by atoms with Crippen LogP contribution < -0.4 is 26.4 Å². The minimum absolute atomic E-state index is 0.152. The van der Waals surface area contributed by atoms with E-state index in [-0.39, 0.29) is 5.78 Å². The van der Waals surface area contributed by atoms with Crippen LogP contribution in [0.1, 0.15) is 41.7 Å². The molecule has 0 radical (unpaired) electrons. The van der Waals surface area contributed by atoms with Crippen molar-refractivity contribution < 1.29 is 97.2 Å². The number of ketones is 1. The van der Waals surface area contributed by atoms with Crippen LogP contribution in [0.25, 0.3) is 16.5 Å². The van der Waals surface area contributed by atoms with Gasteiger partial charge in [0.1, 0.15) is 52.7 Å². The number of halogens is 20. The summed E-state index contributed by atoms with van der Waals surface area (Å²) in [6.07, 6.45) is -0.152. The first kappa shape index (κ1) is 50.7. The van der Waals surface area contributed by atoms with Gasteiger partial charge in [-0.25, -0.2) is 87.8 Å². The van der Waals surface area contributed by atoms with Gasteiger partial charge in [-0.3, -0.25) is 4.79 Å². The number of hydrogen-bond donors (Lipinski definition) is 0. The van der Waals surface area contributed by atoms with Crippen molar-refractivity contribution in [2.75, 3.05) is 0 Å². The monoisotopic (exact) mass is 1010 g/mol. The number of Topliss-reactive ketones (excluding diaryl/α,β-unsaturated/α-hetero) is 1. The van der Waals surface area contributed by atoms with E-state index < -0.39 is 144 Å². The molecular formula is C47H22BF20NO. The van der Waals surface area contributed by atoms with Crippen molar-refractivity contribution >= 4 is 50.3 Å². The van der Waals surface area contributed by atoms with Gasteiger partial charge in [-0.05, 0) is 37.8 Å². The summed E-state index contributed by atoms with van der Waals surface area (Å²) in [5.74, 6) is -71.3. The first-order valence-corrected chi connectivity index (χ1v) is 20.0. The van der Waals surface area contributed by atoms with Crippen LogP contribution in [0.15, 0.2) is 72.8 Å². The number of aromatic nitrogens is 1. The Balaban J connectivity index is 0.000000242. The zero-order chi connectivity index (χ0) is 51.4. The lowest BCUT2D eigenvalue weighted by Gasteiger charge is -2.44. The number of hydrogen-bond acceptors (Lipinski definition) is 1. The largest absolute Gasteiger partial charge is 0.287 e. The maximum Gasteiger partial charge on any atom is 0.227 e. The predicted molar refractivity (Wildman–Crippen MR) is 211 cm³/mol. The summed E-state index contributed by atoms with van der Waals surface area (Å²) in [4.78, 5) is 12.9. The average Bonchev–Trinajstić information content (AvgIpc) is 3.37. The Morgan fingerprint density at radius 2 is 0.743 bits per heavy atom. The van der Waals surface area contributed by atoms with Gasteiger partial charge in [0, 0.05) is 28.7 Å². The quantitative estimate of drug-likeness (QED) is 0.0371. The average molecular weight is 1010 g/mol. The molecular weight excluding hydrogens is 985 g/mol. The molecule has 1 aromatic heterocycles. The van der Waals surface area contributed by atoms with Gasteiger partial charge in [0.2, 0.25) is 23.5 Å². The summed E-state index contributed by atoms with van der Waals surface area (Å²) in [7, 11) is 0. The molecule has 0 unspecified atom stereocenters. The third-order valence-electron chi connectivity index (χ3n) is 11.7. The smallest absolute Gasteiger partial charge is 0.227 e. The zero-order valence-corrected chi connectivity index (χ0v) is 34.5. The molecule has 0 amide bonds. The Bertz CT molecular complexity index is 2940. The highest BCUT2D eigenvalue weighted by atomic mass is 19.2. The molecule has 0 N–H and O–H groups in total. The number of pyridine rings is 1. The second kappa shape index (κ2) is 19.3. The van der Waals surface area contributed by atoms with Crippen molar-refractivity contribution in [1.29, 1.82) is 0 Å². The molecule has 0 fully saturated rings. The van der Waals surface area contributed by atoms with Crippen LogP contribution in [0.2, 0.25) is 0 Å². The third kappa shape index (κ3) is 8.01. The summed E-state index contributed by atoms with van der Waals surface area (Å²) < 4.78 is 296. The van der Waals surface area contributed by atoms with E-state index in [1.54, 1.807) is 0 Å². The Labute approximate surface area is 379 Å². The molecule has 7 aromatic rings. The fourth-order valence-electron chi connectivity index (χ4n) is 8.52. The van der Waals surface area contributed by atoms with Gasteiger partial charge in [-0.1, -0.05) is 48.5 Å². The molecule has 0 saturated carbocycles. The molecule has 1 heterocycles. The van der Waals surface area contributed by atoms with E-state index >= 15 is 35.1 Å². The molecule has 0 atom stereocenters. The van der Waals surface area contributed by atoms with Crippen LogP contribution in [0, 0.1) is 116 Å². The number of rotatable bonds is 8. The first-order chi connectivity index (χ1) is 33.0. The Morgan fingerprint density at radius 1 is 0.400 bits per heavy atom. The highest BCUT2D eigenvalue weighted by Gasteiger charge is 2.52. The van der Waals surface area contributed by atoms with E-state index in [1.165, 1.54) is 29.5 Å². The lowest BCUT2D eigenvalue weighted by molar-refractivity contribution is -0.659. The number of nitrogens with zero attached hydrogens (tertiary/aromatic N) is 1. The van der Waals surface area contributed by atoms with Gasteiger partial charge in [-0.15, -0.1) is 21.9 Å². The molecule has 1 aliphatic rings. The lowest BCUT2D eigenvalue weighted by Crippen LogP contribution is -2.81. The van der Waals surface area contributed by atoms with Crippen molar-refractivity contribution in [2.24, 2.45) is 0 Å². The van der Waals surface area contributed by atoms with E-state index in [4.69, 9.17) is 0 Å². The first-order valence-electron chi connectivity index (χ1n) is 20.0. The normalized spacial score (nSPS) is 12.8. The fraction of sp³-hybridized carbons (Fsp3) is 0.106. The standard InChI is InChI=1S/C24BF20.C23H22NO/c26-5-1(6(27)14(35)21(42)13(5)34)25(2-7(28)15(36)22(43)16(37)8(2)29,3-9(30)17(38)23(44)18(39)10(3)31)4-11(32)19(40)24(45)20(41)12(4)33;25-23(20-12-5-2-6-13-20)17-24-21-14-8-7-11-19(21)15-16-22(24)18-9-3-1-4-10-18/h;2,5-9,11-16H,1,3-4,10,17H2/q-1;+1. The minimum atomic E-state index is -7.22. The van der Waals surface area contributed by atoms with Crippen LogP contribution >= 0.6 is 0 Å². The summed E-state index contributed by atoms with van der Waals surface area (Å²) in [5.41, 5.74) is -9.88. The highest BCUT2D eigenvalue weighted by Crippen LogP contribution is 2.31. The van der Waals surface area contributed by atoms with Crippen LogP contribution in [-0.2, 0) is 6.54 Å². The van der Waals surface area contributed by atoms with Crippen LogP contribution in [0.3, 0.4) is 0 Å². The molecule has 364 valence electrons. The summed E-state index contributed by atoms with van der Waals surface area (Å²) in [6.45, 7) is 0.373. The highest BCUT2D eigenvalue weighted by molar-refractivity contribution is 7.20. The van der Waals surface area contributed by atoms with E-state index in [0.717, 1.165) is 23.9 Å². The Hall–Kier alpha value is -7.20. The number of carbonyl (C=O) groups excluding carboxylic acids is 1. The maximum atomic E-state index is 15.4. The van der Waals surface area contributed by atoms with Gasteiger partial charge in [0.05, 0.1) is 0 Å². The van der Waals surface area contributed by atoms with E-state index in [1.807, 2.05) is 42.5 Å². The van der Waals surface area contributed by atoms with Crippen molar-refractivity contribution in [1.82, 2.24) is 0 Å². The van der Waals surface area contributed by atoms with Gasteiger partial charge >= 0.3 is 0 Å². The van der Waals surface area contributed by atoms with Crippen molar-refractivity contribution in [3.8, 4) is 0 Å². The van der Waals surface area contributed by atoms with E-state index in [2.05, 4.69) is 34.9 Å². The summed E-state index contributed by atoms with van der Waals surface area (Å²) in [6, 6.07) is 22.2. The molecule has 8 rings (SSSR count). The number of allylic oxidation sites excluding steroid dienone is 2. The van der Waals surface area contributed by atoms with Crippen LogP contribution in [-0.4, -0.2) is 11.9 Å². The second-order valence-electron chi connectivity index (χ2n) is 15.4. The molecule has 0 spiro atoms. The molecule has 70 heavy (non-hydrogen) atoms. The molecule has 0 saturated heterocycles. The minimum Gasteiger partial charge on any atom is -0.287 e. The van der Waals surface area contributed by atoms with Gasteiger partial charge in [-0.2, -0.15) is 4.57 Å².